The minimum Gasteiger partial charge on any atom is -0.497 e. The van der Waals surface area contributed by atoms with Crippen molar-refractivity contribution >= 4 is 28.5 Å². The van der Waals surface area contributed by atoms with Crippen LogP contribution in [0.5, 0.6) is 5.75 Å². The fraction of sp³-hybridized carbons (Fsp3) is 0.115. The second kappa shape index (κ2) is 9.00. The molecule has 5 aromatic rings. The Balaban J connectivity index is 1.55. The summed E-state index contributed by atoms with van der Waals surface area (Å²) in [6.07, 6.45) is 1.79. The largest absolute Gasteiger partial charge is 0.497 e. The Morgan fingerprint density at radius 1 is 0.909 bits per heavy atom. The predicted octanol–water partition coefficient (Wildman–Crippen LogP) is 5.49. The molecule has 0 aliphatic rings. The first-order valence-electron chi connectivity index (χ1n) is 10.7. The van der Waals surface area contributed by atoms with E-state index in [1.54, 1.807) is 13.3 Å². The van der Waals surface area contributed by atoms with Gasteiger partial charge in [-0.1, -0.05) is 54.1 Å². The van der Waals surface area contributed by atoms with Gasteiger partial charge in [0.2, 0.25) is 5.95 Å². The van der Waals surface area contributed by atoms with E-state index in [-0.39, 0.29) is 0 Å². The van der Waals surface area contributed by atoms with Crippen LogP contribution in [0.4, 0.5) is 17.5 Å². The van der Waals surface area contributed by atoms with Crippen LogP contribution < -0.4 is 15.4 Å². The highest BCUT2D eigenvalue weighted by Crippen LogP contribution is 2.28. The van der Waals surface area contributed by atoms with Crippen LogP contribution in [-0.2, 0) is 6.54 Å². The quantitative estimate of drug-likeness (QED) is 0.351. The molecule has 7 nitrogen and oxygen atoms in total. The molecular weight excluding hydrogens is 412 g/mol. The molecule has 0 aliphatic carbocycles. The minimum atomic E-state index is 0.520. The molecule has 3 aromatic carbocycles. The number of nitrogens with one attached hydrogen (secondary N) is 2. The summed E-state index contributed by atoms with van der Waals surface area (Å²) < 4.78 is 7.18. The summed E-state index contributed by atoms with van der Waals surface area (Å²) in [4.78, 5) is 9.56. The van der Waals surface area contributed by atoms with Crippen molar-refractivity contribution in [3.05, 3.63) is 96.2 Å². The van der Waals surface area contributed by atoms with Crippen LogP contribution >= 0.6 is 0 Å². The van der Waals surface area contributed by atoms with Crippen molar-refractivity contribution in [1.29, 1.82) is 0 Å². The van der Waals surface area contributed by atoms with Crippen LogP contribution in [0, 0.1) is 6.92 Å². The fourth-order valence-corrected chi connectivity index (χ4v) is 3.57. The molecule has 2 N–H and O–H groups in total. The zero-order valence-electron chi connectivity index (χ0n) is 18.5. The lowest BCUT2D eigenvalue weighted by molar-refractivity contribution is 0.415. The first-order valence-corrected chi connectivity index (χ1v) is 10.7. The van der Waals surface area contributed by atoms with Crippen LogP contribution in [-0.4, -0.2) is 26.9 Å². The van der Waals surface area contributed by atoms with Gasteiger partial charge in [-0.3, -0.25) is 0 Å². The highest BCUT2D eigenvalue weighted by Gasteiger charge is 2.15. The number of aryl methyl sites for hydroxylation is 1. The van der Waals surface area contributed by atoms with E-state index in [0.29, 0.717) is 24.0 Å². The second-order valence-corrected chi connectivity index (χ2v) is 7.72. The maximum atomic E-state index is 5.36. The summed E-state index contributed by atoms with van der Waals surface area (Å²) in [6, 6.07) is 26.1. The highest BCUT2D eigenvalue weighted by molar-refractivity contribution is 5.90. The predicted molar refractivity (Wildman–Crippen MR) is 131 cm³/mol. The maximum Gasteiger partial charge on any atom is 0.227 e. The molecule has 5 rings (SSSR count). The lowest BCUT2D eigenvalue weighted by Crippen LogP contribution is -2.07. The summed E-state index contributed by atoms with van der Waals surface area (Å²) in [5, 5.41) is 12.2. The number of methoxy groups -OCH3 is 1. The van der Waals surface area contributed by atoms with Gasteiger partial charge in [-0.25, -0.2) is 4.68 Å². The van der Waals surface area contributed by atoms with E-state index in [1.165, 1.54) is 5.56 Å². The molecular formula is C26H24N6O. The molecule has 7 heteroatoms. The normalized spacial score (nSPS) is 10.8. The summed E-state index contributed by atoms with van der Waals surface area (Å²) in [6.45, 7) is 2.69. The van der Waals surface area contributed by atoms with Crippen LogP contribution in [0.1, 0.15) is 11.1 Å². The third kappa shape index (κ3) is 4.48. The summed E-state index contributed by atoms with van der Waals surface area (Å²) in [5.74, 6) is 1.95. The Morgan fingerprint density at radius 3 is 2.52 bits per heavy atom. The number of anilines is 3. The van der Waals surface area contributed by atoms with Gasteiger partial charge < -0.3 is 15.4 Å². The zero-order chi connectivity index (χ0) is 22.6. The first-order chi connectivity index (χ1) is 16.2. The average Bonchev–Trinajstić information content (AvgIpc) is 3.29. The Morgan fingerprint density at radius 2 is 1.73 bits per heavy atom. The van der Waals surface area contributed by atoms with Gasteiger partial charge >= 0.3 is 0 Å². The number of nitrogens with zero attached hydrogens (tertiary/aromatic N) is 4. The monoisotopic (exact) mass is 436 g/mol. The number of rotatable bonds is 7. The summed E-state index contributed by atoms with van der Waals surface area (Å²) in [7, 11) is 1.65. The molecule has 0 bridgehead atoms. The van der Waals surface area contributed by atoms with Gasteiger partial charge in [0.25, 0.3) is 0 Å². The van der Waals surface area contributed by atoms with Gasteiger partial charge in [-0.05, 0) is 36.8 Å². The molecule has 0 spiro atoms. The standard InChI is InChI=1S/C26H24N6O/c1-18-11-13-19(14-12-18)16-27-26-30-24(29-20-7-6-10-22(15-20)33-2)23-17-28-32(25(23)31-26)21-8-4-3-5-9-21/h3-15,17H,16H2,1-2H3,(H2,27,29,30,31). The fourth-order valence-electron chi connectivity index (χ4n) is 3.57. The molecule has 2 heterocycles. The molecule has 164 valence electrons. The van der Waals surface area contributed by atoms with Crippen molar-refractivity contribution in [2.24, 2.45) is 0 Å². The second-order valence-electron chi connectivity index (χ2n) is 7.72. The summed E-state index contributed by atoms with van der Waals surface area (Å²) >= 11 is 0. The van der Waals surface area contributed by atoms with Crippen LogP contribution in [0.15, 0.2) is 85.1 Å². The lowest BCUT2D eigenvalue weighted by Gasteiger charge is -2.12. The van der Waals surface area contributed by atoms with Crippen molar-refractivity contribution in [1.82, 2.24) is 19.7 Å². The number of aromatic nitrogens is 4. The topological polar surface area (TPSA) is 76.9 Å². The van der Waals surface area contributed by atoms with E-state index < -0.39 is 0 Å². The van der Waals surface area contributed by atoms with Crippen molar-refractivity contribution in [2.75, 3.05) is 17.7 Å². The number of benzene rings is 3. The highest BCUT2D eigenvalue weighted by atomic mass is 16.5. The van der Waals surface area contributed by atoms with Crippen LogP contribution in [0.3, 0.4) is 0 Å². The Kier molecular flexibility index (Phi) is 5.59. The van der Waals surface area contributed by atoms with E-state index in [4.69, 9.17) is 14.7 Å². The van der Waals surface area contributed by atoms with Crippen molar-refractivity contribution in [3.8, 4) is 11.4 Å². The third-order valence-corrected chi connectivity index (χ3v) is 5.33. The van der Waals surface area contributed by atoms with E-state index in [0.717, 1.165) is 28.1 Å². The van der Waals surface area contributed by atoms with E-state index in [9.17, 15) is 0 Å². The smallest absolute Gasteiger partial charge is 0.227 e. The van der Waals surface area contributed by atoms with Crippen molar-refractivity contribution < 1.29 is 4.74 Å². The molecule has 2 aromatic heterocycles. The summed E-state index contributed by atoms with van der Waals surface area (Å²) in [5.41, 5.74) is 4.90. The molecule has 0 saturated heterocycles. The maximum absolute atomic E-state index is 5.36. The third-order valence-electron chi connectivity index (χ3n) is 5.33. The Hall–Kier alpha value is -4.39. The molecule has 0 radical (unpaired) electrons. The van der Waals surface area contributed by atoms with E-state index in [2.05, 4.69) is 46.9 Å². The van der Waals surface area contributed by atoms with Gasteiger partial charge in [0.15, 0.2) is 5.65 Å². The molecule has 0 saturated carbocycles. The van der Waals surface area contributed by atoms with Gasteiger partial charge in [-0.15, -0.1) is 0 Å². The average molecular weight is 437 g/mol. The van der Waals surface area contributed by atoms with Gasteiger partial charge in [0.05, 0.1) is 24.4 Å². The van der Waals surface area contributed by atoms with Gasteiger partial charge in [0, 0.05) is 18.3 Å². The van der Waals surface area contributed by atoms with Gasteiger partial charge in [0.1, 0.15) is 11.6 Å². The van der Waals surface area contributed by atoms with E-state index in [1.807, 2.05) is 59.3 Å². The SMILES string of the molecule is COc1cccc(Nc2nc(NCc3ccc(C)cc3)nc3c2cnn3-c2ccccc2)c1. The van der Waals surface area contributed by atoms with E-state index >= 15 is 0 Å². The Labute approximate surface area is 192 Å². The number of ether oxygens (including phenoxy) is 1. The zero-order valence-corrected chi connectivity index (χ0v) is 18.5. The van der Waals surface area contributed by atoms with Crippen molar-refractivity contribution in [3.63, 3.8) is 0 Å². The number of hydrogen-bond donors (Lipinski definition) is 2. The lowest BCUT2D eigenvalue weighted by atomic mass is 10.1. The number of para-hydroxylation sites is 1. The molecule has 33 heavy (non-hydrogen) atoms. The van der Waals surface area contributed by atoms with Crippen LogP contribution in [0.25, 0.3) is 16.7 Å². The molecule has 0 amide bonds. The minimum absolute atomic E-state index is 0.520. The van der Waals surface area contributed by atoms with Crippen molar-refractivity contribution in [2.45, 2.75) is 13.5 Å². The van der Waals surface area contributed by atoms with Gasteiger partial charge in [-0.2, -0.15) is 15.1 Å². The number of fused-ring (bicyclic) bond motifs is 1. The molecule has 0 atom stereocenters. The molecule has 0 aliphatic heterocycles. The molecule has 0 unspecified atom stereocenters. The number of hydrogen-bond acceptors (Lipinski definition) is 6. The Bertz CT molecular complexity index is 1380. The van der Waals surface area contributed by atoms with Crippen LogP contribution in [0.2, 0.25) is 0 Å². The first kappa shape index (κ1) is 20.5. The molecule has 0 fully saturated rings.